The van der Waals surface area contributed by atoms with Crippen LogP contribution in [0.4, 0.5) is 0 Å². The number of rotatable bonds is 17. The van der Waals surface area contributed by atoms with E-state index in [2.05, 4.69) is 29.9 Å². The first-order valence-corrected chi connectivity index (χ1v) is 14.8. The lowest BCUT2D eigenvalue weighted by atomic mass is 9.99. The van der Waals surface area contributed by atoms with Crippen molar-refractivity contribution < 1.29 is 9.53 Å². The van der Waals surface area contributed by atoms with Crippen LogP contribution in [0.5, 0.6) is 5.75 Å². The predicted octanol–water partition coefficient (Wildman–Crippen LogP) is 9.04. The maximum Gasteiger partial charge on any atom is 0.343 e. The molecule has 0 atom stereocenters. The van der Waals surface area contributed by atoms with E-state index in [4.69, 9.17) is 4.74 Å². The lowest BCUT2D eigenvalue weighted by molar-refractivity contribution is 0.0734. The quantitative estimate of drug-likeness (QED) is 0.0998. The first-order chi connectivity index (χ1) is 19.1. The molecular formula is C34H43N3O2. The highest BCUT2D eigenvalue weighted by atomic mass is 16.5. The summed E-state index contributed by atoms with van der Waals surface area (Å²) in [6.45, 7) is 4.43. The van der Waals surface area contributed by atoms with Gasteiger partial charge in [0.2, 0.25) is 0 Å². The Labute approximate surface area is 234 Å². The molecular weight excluding hydrogens is 482 g/mol. The summed E-state index contributed by atoms with van der Waals surface area (Å²) in [5.41, 5.74) is 3.94. The van der Waals surface area contributed by atoms with Crippen LogP contribution in [0.2, 0.25) is 0 Å². The highest BCUT2D eigenvalue weighted by Gasteiger charge is 2.13. The molecule has 0 unspecified atom stereocenters. The lowest BCUT2D eigenvalue weighted by Crippen LogP contribution is -2.09. The van der Waals surface area contributed by atoms with E-state index < -0.39 is 5.97 Å². The van der Waals surface area contributed by atoms with Gasteiger partial charge in [0.15, 0.2) is 5.82 Å². The largest absolute Gasteiger partial charge is 0.423 e. The fourth-order valence-corrected chi connectivity index (χ4v) is 4.70. The number of esters is 1. The topological polar surface area (TPSA) is 75.9 Å². The number of hydrogen-bond acceptors (Lipinski definition) is 5. The van der Waals surface area contributed by atoms with Crippen LogP contribution in [0.3, 0.4) is 0 Å². The number of carbonyl (C=O) groups excluding carboxylic acids is 1. The smallest absolute Gasteiger partial charge is 0.343 e. The summed E-state index contributed by atoms with van der Waals surface area (Å²) in [5, 5.41) is 9.56. The van der Waals surface area contributed by atoms with Gasteiger partial charge >= 0.3 is 5.97 Å². The molecule has 3 rings (SSSR count). The van der Waals surface area contributed by atoms with Gasteiger partial charge in [-0.2, -0.15) is 5.26 Å². The minimum atomic E-state index is -0.474. The Balaban J connectivity index is 1.48. The zero-order valence-corrected chi connectivity index (χ0v) is 23.8. The minimum Gasteiger partial charge on any atom is -0.423 e. The summed E-state index contributed by atoms with van der Waals surface area (Å²) in [6, 6.07) is 14.7. The van der Waals surface area contributed by atoms with Gasteiger partial charge in [-0.3, -0.25) is 0 Å². The molecule has 5 nitrogen and oxygen atoms in total. The van der Waals surface area contributed by atoms with Gasteiger partial charge < -0.3 is 4.74 Å². The monoisotopic (exact) mass is 525 g/mol. The third-order valence-corrected chi connectivity index (χ3v) is 7.11. The number of aryl methyl sites for hydroxylation is 2. The zero-order chi connectivity index (χ0) is 27.7. The van der Waals surface area contributed by atoms with Crippen molar-refractivity contribution in [2.75, 3.05) is 0 Å². The van der Waals surface area contributed by atoms with Crippen molar-refractivity contribution in [3.63, 3.8) is 0 Å². The molecule has 0 aliphatic rings. The molecule has 0 amide bonds. The number of benzene rings is 2. The Bertz CT molecular complexity index is 1180. The van der Waals surface area contributed by atoms with E-state index in [9.17, 15) is 10.1 Å². The Morgan fingerprint density at radius 2 is 1.36 bits per heavy atom. The molecule has 0 aliphatic carbocycles. The third-order valence-electron chi connectivity index (χ3n) is 7.11. The van der Waals surface area contributed by atoms with Gasteiger partial charge in [0.05, 0.1) is 17.2 Å². The van der Waals surface area contributed by atoms with E-state index in [0.29, 0.717) is 22.7 Å². The number of nitrogens with zero attached hydrogens (tertiary/aromatic N) is 3. The SMILES string of the molecule is CCCCCCCCCCc1cnc(-c2ccc(OC(=O)c3ccc(CCCCCC)c(C#N)c3)cc2)nc1. The van der Waals surface area contributed by atoms with Crippen molar-refractivity contribution in [3.05, 3.63) is 77.1 Å². The summed E-state index contributed by atoms with van der Waals surface area (Å²) in [6.07, 6.45) is 20.7. The molecule has 39 heavy (non-hydrogen) atoms. The van der Waals surface area contributed by atoms with Crippen molar-refractivity contribution in [1.82, 2.24) is 9.97 Å². The molecule has 0 saturated heterocycles. The van der Waals surface area contributed by atoms with Crippen LogP contribution in [0.15, 0.2) is 54.9 Å². The van der Waals surface area contributed by atoms with E-state index in [1.807, 2.05) is 30.6 Å². The highest BCUT2D eigenvalue weighted by Crippen LogP contribution is 2.22. The third kappa shape index (κ3) is 10.3. The molecule has 1 aromatic heterocycles. The number of aromatic nitrogens is 2. The lowest BCUT2D eigenvalue weighted by Gasteiger charge is -2.08. The predicted molar refractivity (Wildman–Crippen MR) is 158 cm³/mol. The van der Waals surface area contributed by atoms with Crippen LogP contribution in [0.1, 0.15) is 118 Å². The fraction of sp³-hybridized carbons (Fsp3) is 0.471. The summed E-state index contributed by atoms with van der Waals surface area (Å²) in [5.74, 6) is 0.622. The second-order valence-electron chi connectivity index (χ2n) is 10.3. The van der Waals surface area contributed by atoms with Crippen LogP contribution in [0, 0.1) is 11.3 Å². The Morgan fingerprint density at radius 1 is 0.769 bits per heavy atom. The van der Waals surface area contributed by atoms with Gasteiger partial charge in [-0.1, -0.05) is 84.1 Å². The second kappa shape index (κ2) is 17.1. The van der Waals surface area contributed by atoms with Crippen molar-refractivity contribution in [1.29, 1.82) is 5.26 Å². The average molecular weight is 526 g/mol. The Morgan fingerprint density at radius 3 is 2.00 bits per heavy atom. The molecule has 0 spiro atoms. The molecule has 0 bridgehead atoms. The average Bonchev–Trinajstić information content (AvgIpc) is 2.97. The van der Waals surface area contributed by atoms with E-state index >= 15 is 0 Å². The fourth-order valence-electron chi connectivity index (χ4n) is 4.70. The highest BCUT2D eigenvalue weighted by molar-refractivity contribution is 5.91. The summed E-state index contributed by atoms with van der Waals surface area (Å²) in [4.78, 5) is 21.8. The van der Waals surface area contributed by atoms with Crippen LogP contribution >= 0.6 is 0 Å². The van der Waals surface area contributed by atoms with Crippen LogP contribution < -0.4 is 4.74 Å². The summed E-state index contributed by atoms with van der Waals surface area (Å²) >= 11 is 0. The zero-order valence-electron chi connectivity index (χ0n) is 23.8. The molecule has 0 fully saturated rings. The summed E-state index contributed by atoms with van der Waals surface area (Å²) in [7, 11) is 0. The number of unbranched alkanes of at least 4 members (excludes halogenated alkanes) is 10. The number of nitriles is 1. The van der Waals surface area contributed by atoms with E-state index in [1.54, 1.807) is 24.3 Å². The normalized spacial score (nSPS) is 10.8. The molecule has 0 saturated carbocycles. The van der Waals surface area contributed by atoms with Crippen molar-refractivity contribution in [2.45, 2.75) is 104 Å². The van der Waals surface area contributed by atoms with Crippen LogP contribution in [-0.2, 0) is 12.8 Å². The molecule has 0 radical (unpaired) electrons. The molecule has 1 heterocycles. The van der Waals surface area contributed by atoms with Crippen molar-refractivity contribution >= 4 is 5.97 Å². The molecule has 206 valence electrons. The van der Waals surface area contributed by atoms with Gasteiger partial charge in [0, 0.05) is 18.0 Å². The standard InChI is InChI=1S/C34H43N3O2/c1-3-5-7-9-10-11-12-13-15-27-25-36-33(37-26-27)29-19-21-32(22-20-29)39-34(38)30-18-17-28(31(23-30)24-35)16-14-8-6-4-2/h17-23,25-26H,3-16H2,1-2H3. The Kier molecular flexibility index (Phi) is 13.2. The van der Waals surface area contributed by atoms with Gasteiger partial charge in [-0.05, 0) is 73.2 Å². The maximum absolute atomic E-state index is 12.7. The van der Waals surface area contributed by atoms with Crippen molar-refractivity contribution in [3.8, 4) is 23.2 Å². The molecule has 0 N–H and O–H groups in total. The van der Waals surface area contributed by atoms with E-state index in [1.165, 1.54) is 69.8 Å². The molecule has 5 heteroatoms. The van der Waals surface area contributed by atoms with Gasteiger partial charge in [0.25, 0.3) is 0 Å². The van der Waals surface area contributed by atoms with Gasteiger partial charge in [-0.25, -0.2) is 14.8 Å². The minimum absolute atomic E-state index is 0.378. The van der Waals surface area contributed by atoms with Gasteiger partial charge in [-0.15, -0.1) is 0 Å². The summed E-state index contributed by atoms with van der Waals surface area (Å²) < 4.78 is 5.57. The molecule has 2 aromatic carbocycles. The number of hydrogen-bond donors (Lipinski definition) is 0. The van der Waals surface area contributed by atoms with Crippen molar-refractivity contribution in [2.24, 2.45) is 0 Å². The molecule has 0 aliphatic heterocycles. The first kappa shape index (κ1) is 30.0. The van der Waals surface area contributed by atoms with Crippen LogP contribution in [0.25, 0.3) is 11.4 Å². The van der Waals surface area contributed by atoms with E-state index in [0.717, 1.165) is 36.8 Å². The van der Waals surface area contributed by atoms with E-state index in [-0.39, 0.29) is 0 Å². The first-order valence-electron chi connectivity index (χ1n) is 14.8. The number of ether oxygens (including phenoxy) is 1. The molecule has 3 aromatic rings. The van der Waals surface area contributed by atoms with Crippen LogP contribution in [-0.4, -0.2) is 15.9 Å². The Hall–Kier alpha value is -3.52. The second-order valence-corrected chi connectivity index (χ2v) is 10.3. The maximum atomic E-state index is 12.7. The number of carbonyl (C=O) groups is 1. The van der Waals surface area contributed by atoms with Gasteiger partial charge in [0.1, 0.15) is 5.75 Å².